The minimum atomic E-state index is -0.294. The first-order valence-electron chi connectivity index (χ1n) is 7.07. The molecule has 0 spiro atoms. The standard InChI is InChI=1S/C18H15FN2O/c19-16-9-7-14(8-10-16)17(21-12-4-11-20-21)13-18(22)15-5-2-1-3-6-15/h1-12,17H,13H2/t17-/m1/s1. The summed E-state index contributed by atoms with van der Waals surface area (Å²) in [5, 5.41) is 4.23. The Morgan fingerprint density at radius 2 is 1.77 bits per heavy atom. The zero-order valence-electron chi connectivity index (χ0n) is 11.9. The van der Waals surface area contributed by atoms with E-state index in [1.165, 1.54) is 12.1 Å². The number of benzene rings is 2. The number of Topliss-reactive ketones (excluding diaryl/α,β-unsaturated/α-hetero) is 1. The van der Waals surface area contributed by atoms with Gasteiger partial charge in [-0.2, -0.15) is 5.10 Å². The van der Waals surface area contributed by atoms with Crippen LogP contribution in [0.1, 0.15) is 28.4 Å². The van der Waals surface area contributed by atoms with Crippen LogP contribution in [0.25, 0.3) is 0 Å². The Kier molecular flexibility index (Phi) is 4.10. The van der Waals surface area contributed by atoms with Crippen molar-refractivity contribution in [3.63, 3.8) is 0 Å². The van der Waals surface area contributed by atoms with E-state index in [1.54, 1.807) is 35.1 Å². The number of rotatable bonds is 5. The number of hydrogen-bond acceptors (Lipinski definition) is 2. The van der Waals surface area contributed by atoms with E-state index in [9.17, 15) is 9.18 Å². The molecule has 3 nitrogen and oxygen atoms in total. The molecule has 2 aromatic carbocycles. The summed E-state index contributed by atoms with van der Waals surface area (Å²) in [6.07, 6.45) is 3.76. The topological polar surface area (TPSA) is 34.9 Å². The van der Waals surface area contributed by atoms with E-state index in [0.29, 0.717) is 5.56 Å². The molecule has 4 heteroatoms. The second-order valence-electron chi connectivity index (χ2n) is 5.05. The normalized spacial score (nSPS) is 12.0. The van der Waals surface area contributed by atoms with E-state index < -0.39 is 0 Å². The summed E-state index contributed by atoms with van der Waals surface area (Å²) in [6, 6.07) is 16.9. The van der Waals surface area contributed by atoms with Crippen molar-refractivity contribution in [2.45, 2.75) is 12.5 Å². The van der Waals surface area contributed by atoms with Gasteiger partial charge in [0.1, 0.15) is 5.82 Å². The fraction of sp³-hybridized carbons (Fsp3) is 0.111. The molecule has 110 valence electrons. The van der Waals surface area contributed by atoms with Crippen LogP contribution in [-0.4, -0.2) is 15.6 Å². The van der Waals surface area contributed by atoms with Gasteiger partial charge >= 0.3 is 0 Å². The number of nitrogens with zero attached hydrogens (tertiary/aromatic N) is 2. The fourth-order valence-corrected chi connectivity index (χ4v) is 2.43. The molecule has 0 radical (unpaired) electrons. The van der Waals surface area contributed by atoms with Crippen molar-refractivity contribution in [1.82, 2.24) is 9.78 Å². The van der Waals surface area contributed by atoms with Crippen molar-refractivity contribution >= 4 is 5.78 Å². The Morgan fingerprint density at radius 1 is 1.05 bits per heavy atom. The molecule has 3 rings (SSSR count). The predicted octanol–water partition coefficient (Wildman–Crippen LogP) is 3.88. The first-order valence-corrected chi connectivity index (χ1v) is 7.07. The third-order valence-corrected chi connectivity index (χ3v) is 3.57. The van der Waals surface area contributed by atoms with E-state index in [-0.39, 0.29) is 24.1 Å². The summed E-state index contributed by atoms with van der Waals surface area (Å²) in [5.74, 6) is -0.261. The average molecular weight is 294 g/mol. The van der Waals surface area contributed by atoms with Gasteiger partial charge in [-0.1, -0.05) is 42.5 Å². The summed E-state index contributed by atoms with van der Waals surface area (Å²) in [4.78, 5) is 12.5. The molecule has 0 saturated carbocycles. The molecular weight excluding hydrogens is 279 g/mol. The highest BCUT2D eigenvalue weighted by Crippen LogP contribution is 2.23. The van der Waals surface area contributed by atoms with E-state index in [0.717, 1.165) is 5.56 Å². The third-order valence-electron chi connectivity index (χ3n) is 3.57. The predicted molar refractivity (Wildman–Crippen MR) is 82.2 cm³/mol. The second kappa shape index (κ2) is 6.35. The molecule has 0 fully saturated rings. The molecule has 1 atom stereocenters. The molecule has 0 N–H and O–H groups in total. The van der Waals surface area contributed by atoms with Gasteiger partial charge in [-0.15, -0.1) is 0 Å². The van der Waals surface area contributed by atoms with E-state index in [2.05, 4.69) is 5.10 Å². The molecule has 0 aliphatic rings. The van der Waals surface area contributed by atoms with E-state index in [4.69, 9.17) is 0 Å². The maximum absolute atomic E-state index is 13.1. The Hall–Kier alpha value is -2.75. The van der Waals surface area contributed by atoms with Crippen LogP contribution in [-0.2, 0) is 0 Å². The molecule has 0 bridgehead atoms. The number of carbonyl (C=O) groups excluding carboxylic acids is 1. The summed E-state index contributed by atoms with van der Waals surface area (Å²) < 4.78 is 14.9. The molecule has 0 amide bonds. The highest BCUT2D eigenvalue weighted by atomic mass is 19.1. The number of hydrogen-bond donors (Lipinski definition) is 0. The third kappa shape index (κ3) is 3.11. The zero-order chi connectivity index (χ0) is 15.4. The van der Waals surface area contributed by atoms with Gasteiger partial charge in [0.05, 0.1) is 6.04 Å². The summed E-state index contributed by atoms with van der Waals surface area (Å²) in [6.45, 7) is 0. The van der Waals surface area contributed by atoms with Gasteiger partial charge in [-0.3, -0.25) is 9.48 Å². The van der Waals surface area contributed by atoms with Gasteiger partial charge < -0.3 is 0 Å². The lowest BCUT2D eigenvalue weighted by Crippen LogP contribution is -2.16. The minimum Gasteiger partial charge on any atom is -0.294 e. The van der Waals surface area contributed by atoms with Gasteiger partial charge in [0.2, 0.25) is 0 Å². The Bertz CT molecular complexity index is 737. The van der Waals surface area contributed by atoms with Gasteiger partial charge in [0.15, 0.2) is 5.78 Å². The van der Waals surface area contributed by atoms with E-state index in [1.807, 2.05) is 30.5 Å². The van der Waals surface area contributed by atoms with Crippen molar-refractivity contribution < 1.29 is 9.18 Å². The van der Waals surface area contributed by atoms with E-state index >= 15 is 0 Å². The van der Waals surface area contributed by atoms with Gasteiger partial charge in [0.25, 0.3) is 0 Å². The molecule has 3 aromatic rings. The maximum Gasteiger partial charge on any atom is 0.165 e. The highest BCUT2D eigenvalue weighted by molar-refractivity contribution is 5.96. The quantitative estimate of drug-likeness (QED) is 0.669. The monoisotopic (exact) mass is 294 g/mol. The van der Waals surface area contributed by atoms with Gasteiger partial charge in [-0.25, -0.2) is 4.39 Å². The van der Waals surface area contributed by atoms with Crippen LogP contribution in [0, 0.1) is 5.82 Å². The molecule has 1 heterocycles. The Morgan fingerprint density at radius 3 is 2.41 bits per heavy atom. The first-order chi connectivity index (χ1) is 10.7. The van der Waals surface area contributed by atoms with Crippen LogP contribution in [0.5, 0.6) is 0 Å². The lowest BCUT2D eigenvalue weighted by Gasteiger charge is -2.17. The van der Waals surface area contributed by atoms with Crippen LogP contribution >= 0.6 is 0 Å². The summed E-state index contributed by atoms with van der Waals surface area (Å²) in [7, 11) is 0. The largest absolute Gasteiger partial charge is 0.294 e. The van der Waals surface area contributed by atoms with Gasteiger partial charge in [-0.05, 0) is 23.8 Å². The molecule has 0 unspecified atom stereocenters. The lowest BCUT2D eigenvalue weighted by molar-refractivity contribution is 0.0967. The molecule has 1 aromatic heterocycles. The fourth-order valence-electron chi connectivity index (χ4n) is 2.43. The van der Waals surface area contributed by atoms with Crippen LogP contribution in [0.3, 0.4) is 0 Å². The van der Waals surface area contributed by atoms with Crippen molar-refractivity contribution in [2.75, 3.05) is 0 Å². The number of carbonyl (C=O) groups is 1. The van der Waals surface area contributed by atoms with Crippen LogP contribution in [0.15, 0.2) is 73.1 Å². The summed E-state index contributed by atoms with van der Waals surface area (Å²) in [5.41, 5.74) is 1.52. The molecule has 0 aliphatic carbocycles. The molecular formula is C18H15FN2O. The van der Waals surface area contributed by atoms with Crippen LogP contribution in [0.4, 0.5) is 4.39 Å². The molecule has 0 aliphatic heterocycles. The number of halogens is 1. The van der Waals surface area contributed by atoms with Crippen molar-refractivity contribution in [3.05, 3.63) is 90.0 Å². The second-order valence-corrected chi connectivity index (χ2v) is 5.05. The first kappa shape index (κ1) is 14.2. The zero-order valence-corrected chi connectivity index (χ0v) is 11.9. The van der Waals surface area contributed by atoms with Crippen molar-refractivity contribution in [1.29, 1.82) is 0 Å². The highest BCUT2D eigenvalue weighted by Gasteiger charge is 2.19. The number of aromatic nitrogens is 2. The SMILES string of the molecule is O=C(C[C@H](c1ccc(F)cc1)n1cccn1)c1ccccc1. The Labute approximate surface area is 128 Å². The summed E-state index contributed by atoms with van der Waals surface area (Å²) >= 11 is 0. The van der Waals surface area contributed by atoms with Crippen LogP contribution < -0.4 is 0 Å². The van der Waals surface area contributed by atoms with Crippen molar-refractivity contribution in [2.24, 2.45) is 0 Å². The smallest absolute Gasteiger partial charge is 0.165 e. The average Bonchev–Trinajstić information content (AvgIpc) is 3.08. The minimum absolute atomic E-state index is 0.0328. The van der Waals surface area contributed by atoms with Crippen LogP contribution in [0.2, 0.25) is 0 Å². The Balaban J connectivity index is 1.90. The molecule has 22 heavy (non-hydrogen) atoms. The lowest BCUT2D eigenvalue weighted by atomic mass is 9.98. The van der Waals surface area contributed by atoms with Gasteiger partial charge in [0, 0.05) is 24.4 Å². The maximum atomic E-state index is 13.1. The molecule has 0 saturated heterocycles. The van der Waals surface area contributed by atoms with Crippen molar-refractivity contribution in [3.8, 4) is 0 Å². The number of ketones is 1.